The van der Waals surface area contributed by atoms with E-state index in [1.54, 1.807) is 12.4 Å². The summed E-state index contributed by atoms with van der Waals surface area (Å²) >= 11 is 3.28. The van der Waals surface area contributed by atoms with E-state index in [9.17, 15) is 0 Å². The molecule has 0 aromatic carbocycles. The Morgan fingerprint density at radius 2 is 2.40 bits per heavy atom. The maximum absolute atomic E-state index is 3.96. The van der Waals surface area contributed by atoms with Crippen molar-refractivity contribution in [2.45, 2.75) is 0 Å². The van der Waals surface area contributed by atoms with Crippen molar-refractivity contribution in [1.82, 2.24) is 15.2 Å². The van der Waals surface area contributed by atoms with Crippen molar-refractivity contribution in [1.29, 1.82) is 0 Å². The smallest absolute Gasteiger partial charge is 0.137 e. The third kappa shape index (κ3) is 0.724. The number of pyridine rings is 1. The minimum Gasteiger partial charge on any atom is -0.277 e. The molecule has 0 atom stereocenters. The lowest BCUT2D eigenvalue weighted by Crippen LogP contribution is -1.68. The molecule has 0 aliphatic carbocycles. The molecule has 0 saturated heterocycles. The van der Waals surface area contributed by atoms with Crippen molar-refractivity contribution in [2.75, 3.05) is 0 Å². The van der Waals surface area contributed by atoms with E-state index >= 15 is 0 Å². The van der Waals surface area contributed by atoms with Crippen molar-refractivity contribution in [3.05, 3.63) is 23.1 Å². The summed E-state index contributed by atoms with van der Waals surface area (Å²) in [5.41, 5.74) is 1.00. The van der Waals surface area contributed by atoms with Gasteiger partial charge in [0, 0.05) is 12.4 Å². The fourth-order valence-corrected chi connectivity index (χ4v) is 1.23. The van der Waals surface area contributed by atoms with Crippen LogP contribution in [0.2, 0.25) is 0 Å². The lowest BCUT2D eigenvalue weighted by Gasteiger charge is -1.83. The topological polar surface area (TPSA) is 41.6 Å². The summed E-state index contributed by atoms with van der Waals surface area (Å²) in [5, 5.41) is 7.81. The molecule has 2 heterocycles. The molecule has 1 N–H and O–H groups in total. The number of H-pyrrole nitrogens is 1. The van der Waals surface area contributed by atoms with E-state index in [2.05, 4.69) is 31.1 Å². The molecule has 0 unspecified atom stereocenters. The summed E-state index contributed by atoms with van der Waals surface area (Å²) in [5.74, 6) is 0. The van der Waals surface area contributed by atoms with Crippen molar-refractivity contribution >= 4 is 26.8 Å². The number of fused-ring (bicyclic) bond motifs is 1. The highest BCUT2D eigenvalue weighted by Gasteiger charge is 1.98. The van der Waals surface area contributed by atoms with Gasteiger partial charge in [0.15, 0.2) is 0 Å². The summed E-state index contributed by atoms with van der Waals surface area (Å²) in [6.45, 7) is 0. The molecule has 0 radical (unpaired) electrons. The summed E-state index contributed by atoms with van der Waals surface area (Å²) < 4.78 is 0.815. The second-order valence-corrected chi connectivity index (χ2v) is 2.69. The van der Waals surface area contributed by atoms with Crippen LogP contribution in [0.5, 0.6) is 0 Å². The third-order valence-corrected chi connectivity index (χ3v) is 1.92. The van der Waals surface area contributed by atoms with Crippen molar-refractivity contribution in [3.63, 3.8) is 0 Å². The molecule has 2 aromatic heterocycles. The first-order chi connectivity index (χ1) is 4.88. The normalized spacial score (nSPS) is 10.5. The fraction of sp³-hybridized carbons (Fsp3) is 0. The van der Waals surface area contributed by atoms with Crippen LogP contribution in [0.1, 0.15) is 0 Å². The molecule has 3 nitrogen and oxygen atoms in total. The second kappa shape index (κ2) is 2.05. The van der Waals surface area contributed by atoms with Gasteiger partial charge >= 0.3 is 0 Å². The summed E-state index contributed by atoms with van der Waals surface area (Å²) in [4.78, 5) is 3.96. The van der Waals surface area contributed by atoms with Gasteiger partial charge in [0.05, 0.1) is 10.9 Å². The van der Waals surface area contributed by atoms with Gasteiger partial charge in [-0.3, -0.25) is 10.1 Å². The Morgan fingerprint density at radius 1 is 1.50 bits per heavy atom. The van der Waals surface area contributed by atoms with Crippen LogP contribution in [0.3, 0.4) is 0 Å². The number of hydrogen-bond donors (Lipinski definition) is 1. The van der Waals surface area contributed by atoms with Crippen LogP contribution in [-0.4, -0.2) is 15.2 Å². The first-order valence-electron chi connectivity index (χ1n) is 2.81. The molecule has 10 heavy (non-hydrogen) atoms. The number of nitrogens with one attached hydrogen (secondary N) is 1. The molecule has 2 rings (SSSR count). The van der Waals surface area contributed by atoms with Crippen LogP contribution in [0.15, 0.2) is 23.1 Å². The van der Waals surface area contributed by atoms with Crippen molar-refractivity contribution in [3.8, 4) is 0 Å². The highest BCUT2D eigenvalue weighted by atomic mass is 79.9. The standard InChI is InChI=1S/C6H4BrN3/c7-6-4-3-8-2-1-5(4)9-10-6/h1-3H,(H,9,10). The first kappa shape index (κ1) is 5.85. The quantitative estimate of drug-likeness (QED) is 0.700. The van der Waals surface area contributed by atoms with Crippen LogP contribution in [-0.2, 0) is 0 Å². The number of nitrogens with zero attached hydrogens (tertiary/aromatic N) is 2. The fourth-order valence-electron chi connectivity index (χ4n) is 0.826. The Hall–Kier alpha value is -0.900. The minimum atomic E-state index is 0.815. The molecule has 0 fully saturated rings. The molecule has 0 bridgehead atoms. The number of aromatic amines is 1. The molecule has 2 aromatic rings. The van der Waals surface area contributed by atoms with E-state index in [1.807, 2.05) is 6.07 Å². The molecule has 50 valence electrons. The zero-order valence-electron chi connectivity index (χ0n) is 5.00. The van der Waals surface area contributed by atoms with Crippen LogP contribution in [0, 0.1) is 0 Å². The molecule has 0 amide bonds. The lowest BCUT2D eigenvalue weighted by atomic mass is 10.3. The average molecular weight is 198 g/mol. The molecule has 0 aliphatic rings. The summed E-state index contributed by atoms with van der Waals surface area (Å²) in [6.07, 6.45) is 3.50. The van der Waals surface area contributed by atoms with Gasteiger partial charge in [-0.05, 0) is 22.0 Å². The third-order valence-electron chi connectivity index (χ3n) is 1.32. The van der Waals surface area contributed by atoms with Gasteiger partial charge in [0.25, 0.3) is 0 Å². The van der Waals surface area contributed by atoms with Gasteiger partial charge in [0.2, 0.25) is 0 Å². The van der Waals surface area contributed by atoms with Gasteiger partial charge in [-0.25, -0.2) is 0 Å². The number of hydrogen-bond acceptors (Lipinski definition) is 2. The van der Waals surface area contributed by atoms with Gasteiger partial charge in [-0.1, -0.05) is 0 Å². The van der Waals surface area contributed by atoms with Crippen molar-refractivity contribution in [2.24, 2.45) is 0 Å². The van der Waals surface area contributed by atoms with Crippen LogP contribution in [0.4, 0.5) is 0 Å². The van der Waals surface area contributed by atoms with Crippen LogP contribution in [0.25, 0.3) is 10.9 Å². The highest BCUT2D eigenvalue weighted by molar-refractivity contribution is 9.10. The lowest BCUT2D eigenvalue weighted by molar-refractivity contribution is 1.10. The maximum Gasteiger partial charge on any atom is 0.137 e. The Morgan fingerprint density at radius 3 is 3.20 bits per heavy atom. The van der Waals surface area contributed by atoms with Crippen molar-refractivity contribution < 1.29 is 0 Å². The van der Waals surface area contributed by atoms with Gasteiger partial charge in [-0.15, -0.1) is 0 Å². The summed E-state index contributed by atoms with van der Waals surface area (Å²) in [7, 11) is 0. The zero-order chi connectivity index (χ0) is 6.97. The predicted octanol–water partition coefficient (Wildman–Crippen LogP) is 1.72. The maximum atomic E-state index is 3.96. The minimum absolute atomic E-state index is 0.815. The molecular weight excluding hydrogens is 194 g/mol. The number of aromatic nitrogens is 3. The Labute approximate surface area is 65.6 Å². The molecule has 4 heteroatoms. The van der Waals surface area contributed by atoms with Crippen LogP contribution < -0.4 is 0 Å². The predicted molar refractivity (Wildman–Crippen MR) is 41.6 cm³/mol. The Bertz CT molecular complexity index is 355. The largest absolute Gasteiger partial charge is 0.277 e. The second-order valence-electron chi connectivity index (χ2n) is 1.94. The number of rotatable bonds is 0. The van der Waals surface area contributed by atoms with E-state index in [-0.39, 0.29) is 0 Å². The zero-order valence-corrected chi connectivity index (χ0v) is 6.59. The van der Waals surface area contributed by atoms with Crippen LogP contribution >= 0.6 is 15.9 Å². The van der Waals surface area contributed by atoms with Gasteiger partial charge in [-0.2, -0.15) is 5.10 Å². The molecular formula is C6H4BrN3. The van der Waals surface area contributed by atoms with E-state index in [4.69, 9.17) is 0 Å². The Balaban J connectivity index is 2.93. The van der Waals surface area contributed by atoms with E-state index in [1.165, 1.54) is 0 Å². The van der Waals surface area contributed by atoms with E-state index < -0.39 is 0 Å². The highest BCUT2D eigenvalue weighted by Crippen LogP contribution is 2.18. The molecule has 0 aliphatic heterocycles. The molecule has 0 saturated carbocycles. The van der Waals surface area contributed by atoms with E-state index in [0.717, 1.165) is 15.5 Å². The first-order valence-corrected chi connectivity index (χ1v) is 3.61. The Kier molecular flexibility index (Phi) is 1.20. The SMILES string of the molecule is Brc1n[nH]c2ccncc12. The number of halogens is 1. The van der Waals surface area contributed by atoms with E-state index in [0.29, 0.717) is 0 Å². The molecule has 0 spiro atoms. The summed E-state index contributed by atoms with van der Waals surface area (Å²) in [6, 6.07) is 1.88. The van der Waals surface area contributed by atoms with Gasteiger partial charge < -0.3 is 0 Å². The average Bonchev–Trinajstić information content (AvgIpc) is 2.34. The van der Waals surface area contributed by atoms with Gasteiger partial charge in [0.1, 0.15) is 4.60 Å². The monoisotopic (exact) mass is 197 g/mol.